The smallest absolute Gasteiger partial charge is 0.0594 e. The first-order chi connectivity index (χ1) is 10.1. The van der Waals surface area contributed by atoms with Crippen LogP contribution in [0.2, 0.25) is 0 Å². The number of hydrogen-bond acceptors (Lipinski definition) is 2. The molecule has 0 radical (unpaired) electrons. The van der Waals surface area contributed by atoms with Crippen molar-refractivity contribution in [1.29, 1.82) is 0 Å². The topological polar surface area (TPSA) is 21.3 Å². The third-order valence-electron chi connectivity index (χ3n) is 5.63. The Bertz CT molecular complexity index is 278. The van der Waals surface area contributed by atoms with E-state index >= 15 is 0 Å². The molecule has 21 heavy (non-hydrogen) atoms. The second-order valence-corrected chi connectivity index (χ2v) is 8.35. The SMILES string of the molecule is CC(C)(C)C1CCCC(NCCOC2CCCCC2)CC1. The fourth-order valence-electron chi connectivity index (χ4n) is 4.09. The molecule has 0 saturated heterocycles. The highest BCUT2D eigenvalue weighted by atomic mass is 16.5. The van der Waals surface area contributed by atoms with Crippen molar-refractivity contribution < 1.29 is 4.74 Å². The second-order valence-electron chi connectivity index (χ2n) is 8.35. The van der Waals surface area contributed by atoms with E-state index in [0.29, 0.717) is 11.5 Å². The van der Waals surface area contributed by atoms with Gasteiger partial charge in [0.1, 0.15) is 0 Å². The quantitative estimate of drug-likeness (QED) is 0.574. The van der Waals surface area contributed by atoms with Crippen molar-refractivity contribution in [3.8, 4) is 0 Å². The number of rotatable bonds is 5. The molecular formula is C19H37NO. The van der Waals surface area contributed by atoms with Crippen LogP contribution in [0.15, 0.2) is 0 Å². The molecule has 0 spiro atoms. The molecule has 2 heteroatoms. The first-order valence-electron chi connectivity index (χ1n) is 9.40. The molecule has 2 nitrogen and oxygen atoms in total. The molecule has 2 fully saturated rings. The van der Waals surface area contributed by atoms with Gasteiger partial charge in [-0.25, -0.2) is 0 Å². The Hall–Kier alpha value is -0.0800. The summed E-state index contributed by atoms with van der Waals surface area (Å²) in [4.78, 5) is 0. The fraction of sp³-hybridized carbons (Fsp3) is 1.00. The maximum atomic E-state index is 6.02. The van der Waals surface area contributed by atoms with Gasteiger partial charge in [-0.3, -0.25) is 0 Å². The summed E-state index contributed by atoms with van der Waals surface area (Å²) in [6, 6.07) is 0.729. The van der Waals surface area contributed by atoms with Crippen LogP contribution in [0.5, 0.6) is 0 Å². The summed E-state index contributed by atoms with van der Waals surface area (Å²) >= 11 is 0. The molecule has 2 saturated carbocycles. The Morgan fingerprint density at radius 3 is 2.33 bits per heavy atom. The highest BCUT2D eigenvalue weighted by Gasteiger charge is 2.27. The van der Waals surface area contributed by atoms with E-state index in [2.05, 4.69) is 26.1 Å². The van der Waals surface area contributed by atoms with Crippen LogP contribution in [-0.4, -0.2) is 25.3 Å². The highest BCUT2D eigenvalue weighted by Crippen LogP contribution is 2.36. The van der Waals surface area contributed by atoms with Crippen LogP contribution in [0.1, 0.15) is 85.0 Å². The summed E-state index contributed by atoms with van der Waals surface area (Å²) < 4.78 is 6.02. The first-order valence-corrected chi connectivity index (χ1v) is 9.40. The average Bonchev–Trinajstić information content (AvgIpc) is 2.70. The van der Waals surface area contributed by atoms with Crippen molar-refractivity contribution in [3.63, 3.8) is 0 Å². The molecule has 0 aliphatic heterocycles. The Kier molecular flexibility index (Phi) is 7.01. The summed E-state index contributed by atoms with van der Waals surface area (Å²) in [6.45, 7) is 9.17. The molecule has 1 N–H and O–H groups in total. The summed E-state index contributed by atoms with van der Waals surface area (Å²) in [5, 5.41) is 3.75. The lowest BCUT2D eigenvalue weighted by molar-refractivity contribution is 0.0292. The van der Waals surface area contributed by atoms with Crippen molar-refractivity contribution >= 4 is 0 Å². The molecule has 2 aliphatic carbocycles. The Morgan fingerprint density at radius 1 is 0.857 bits per heavy atom. The molecule has 2 aliphatic rings. The molecule has 2 atom stereocenters. The van der Waals surface area contributed by atoms with Crippen LogP contribution in [0.3, 0.4) is 0 Å². The number of ether oxygens (including phenoxy) is 1. The number of nitrogens with one attached hydrogen (secondary N) is 1. The Morgan fingerprint density at radius 2 is 1.62 bits per heavy atom. The molecule has 0 aromatic carbocycles. The average molecular weight is 296 g/mol. The minimum absolute atomic E-state index is 0.485. The number of hydrogen-bond donors (Lipinski definition) is 1. The molecule has 0 amide bonds. The lowest BCUT2D eigenvalue weighted by Crippen LogP contribution is -2.33. The van der Waals surface area contributed by atoms with Gasteiger partial charge in [0.2, 0.25) is 0 Å². The third kappa shape index (κ3) is 6.28. The molecule has 0 heterocycles. The van der Waals surface area contributed by atoms with E-state index < -0.39 is 0 Å². The van der Waals surface area contributed by atoms with E-state index in [1.54, 1.807) is 0 Å². The lowest BCUT2D eigenvalue weighted by atomic mass is 9.76. The van der Waals surface area contributed by atoms with Gasteiger partial charge >= 0.3 is 0 Å². The normalized spacial score (nSPS) is 29.3. The summed E-state index contributed by atoms with van der Waals surface area (Å²) in [5.41, 5.74) is 0.485. The highest BCUT2D eigenvalue weighted by molar-refractivity contribution is 4.81. The Balaban J connectivity index is 1.58. The first kappa shape index (κ1) is 17.3. The van der Waals surface area contributed by atoms with Gasteiger partial charge in [0.05, 0.1) is 12.7 Å². The zero-order valence-electron chi connectivity index (χ0n) is 14.6. The van der Waals surface area contributed by atoms with Gasteiger partial charge in [-0.1, -0.05) is 46.5 Å². The van der Waals surface area contributed by atoms with E-state index in [1.807, 2.05) is 0 Å². The van der Waals surface area contributed by atoms with Crippen LogP contribution in [0.4, 0.5) is 0 Å². The predicted molar refractivity (Wildman–Crippen MR) is 90.6 cm³/mol. The molecule has 2 unspecified atom stereocenters. The monoisotopic (exact) mass is 295 g/mol. The predicted octanol–water partition coefficient (Wildman–Crippen LogP) is 4.92. The maximum Gasteiger partial charge on any atom is 0.0594 e. The summed E-state index contributed by atoms with van der Waals surface area (Å²) in [6.07, 6.45) is 14.2. The van der Waals surface area contributed by atoms with Crippen molar-refractivity contribution in [1.82, 2.24) is 5.32 Å². The largest absolute Gasteiger partial charge is 0.377 e. The van der Waals surface area contributed by atoms with E-state index in [4.69, 9.17) is 4.74 Å². The van der Waals surface area contributed by atoms with E-state index in [-0.39, 0.29) is 0 Å². The zero-order chi connectivity index (χ0) is 15.1. The van der Waals surface area contributed by atoms with Crippen molar-refractivity contribution in [2.24, 2.45) is 11.3 Å². The molecule has 0 bridgehead atoms. The Labute approximate surface area is 132 Å². The standard InChI is InChI=1S/C19H37NO/c1-19(2,3)16-8-7-9-17(13-12-16)20-14-15-21-18-10-5-4-6-11-18/h16-18,20H,4-15H2,1-3H3. The van der Waals surface area contributed by atoms with Crippen LogP contribution in [0, 0.1) is 11.3 Å². The van der Waals surface area contributed by atoms with Crippen molar-refractivity contribution in [2.75, 3.05) is 13.2 Å². The molecule has 2 rings (SSSR count). The van der Waals surface area contributed by atoms with Crippen molar-refractivity contribution in [2.45, 2.75) is 97.1 Å². The zero-order valence-corrected chi connectivity index (χ0v) is 14.6. The molecule has 124 valence electrons. The minimum Gasteiger partial charge on any atom is -0.377 e. The van der Waals surface area contributed by atoms with Gasteiger partial charge in [-0.2, -0.15) is 0 Å². The molecule has 0 aromatic rings. The van der Waals surface area contributed by atoms with Gasteiger partial charge < -0.3 is 10.1 Å². The van der Waals surface area contributed by atoms with Gasteiger partial charge in [0.15, 0.2) is 0 Å². The van der Waals surface area contributed by atoms with Gasteiger partial charge in [0.25, 0.3) is 0 Å². The fourth-order valence-corrected chi connectivity index (χ4v) is 4.09. The third-order valence-corrected chi connectivity index (χ3v) is 5.63. The minimum atomic E-state index is 0.485. The lowest BCUT2D eigenvalue weighted by Gasteiger charge is -2.29. The molecular weight excluding hydrogens is 258 g/mol. The van der Waals surface area contributed by atoms with Crippen LogP contribution in [-0.2, 0) is 4.74 Å². The van der Waals surface area contributed by atoms with E-state index in [9.17, 15) is 0 Å². The van der Waals surface area contributed by atoms with Crippen LogP contribution >= 0.6 is 0 Å². The van der Waals surface area contributed by atoms with Crippen LogP contribution in [0.25, 0.3) is 0 Å². The summed E-state index contributed by atoms with van der Waals surface area (Å²) in [5.74, 6) is 0.905. The van der Waals surface area contributed by atoms with E-state index in [1.165, 1.54) is 64.2 Å². The second kappa shape index (κ2) is 8.53. The van der Waals surface area contributed by atoms with E-state index in [0.717, 1.165) is 25.1 Å². The summed E-state index contributed by atoms with van der Waals surface area (Å²) in [7, 11) is 0. The molecule has 0 aromatic heterocycles. The maximum absolute atomic E-state index is 6.02. The van der Waals surface area contributed by atoms with Crippen molar-refractivity contribution in [3.05, 3.63) is 0 Å². The van der Waals surface area contributed by atoms with Gasteiger partial charge in [-0.05, 0) is 49.9 Å². The van der Waals surface area contributed by atoms with Crippen LogP contribution < -0.4 is 5.32 Å². The van der Waals surface area contributed by atoms with Gasteiger partial charge in [0, 0.05) is 12.6 Å². The van der Waals surface area contributed by atoms with Gasteiger partial charge in [-0.15, -0.1) is 0 Å².